The first-order valence-corrected chi connectivity index (χ1v) is 12.4. The number of carbonyl (C=O) groups is 2. The smallest absolute Gasteiger partial charge is 0.227 e. The summed E-state index contributed by atoms with van der Waals surface area (Å²) >= 11 is 12.6. The maximum Gasteiger partial charge on any atom is 0.227 e. The molecular formula is C26H28Cl2N2O2. The molecule has 32 heavy (non-hydrogen) atoms. The number of rotatable bonds is 5. The highest BCUT2D eigenvalue weighted by Gasteiger charge is 2.30. The average molecular weight is 471 g/mol. The second-order valence-electron chi connectivity index (χ2n) is 9.22. The van der Waals surface area contributed by atoms with E-state index in [-0.39, 0.29) is 11.7 Å². The van der Waals surface area contributed by atoms with Crippen LogP contribution in [0.4, 0.5) is 5.69 Å². The number of likely N-dealkylation sites (tertiary alicyclic amines) is 1. The number of aryl methyl sites for hydroxylation is 2. The lowest BCUT2D eigenvalue weighted by molar-refractivity contribution is -0.119. The second kappa shape index (κ2) is 9.17. The fraction of sp³-hybridized carbons (Fsp3) is 0.462. The molecule has 1 saturated heterocycles. The van der Waals surface area contributed by atoms with Gasteiger partial charge in [0.05, 0.1) is 15.7 Å². The first-order valence-electron chi connectivity index (χ1n) is 11.7. The molecule has 0 bridgehead atoms. The summed E-state index contributed by atoms with van der Waals surface area (Å²) in [6, 6.07) is 9.96. The van der Waals surface area contributed by atoms with Crippen molar-refractivity contribution in [3.63, 3.8) is 0 Å². The highest BCUT2D eigenvalue weighted by atomic mass is 35.5. The van der Waals surface area contributed by atoms with Crippen LogP contribution < -0.4 is 4.90 Å². The van der Waals surface area contributed by atoms with Gasteiger partial charge in [-0.05, 0) is 86.0 Å². The van der Waals surface area contributed by atoms with E-state index in [2.05, 4.69) is 11.0 Å². The van der Waals surface area contributed by atoms with Crippen molar-refractivity contribution < 1.29 is 9.59 Å². The van der Waals surface area contributed by atoms with E-state index in [0.717, 1.165) is 75.1 Å². The number of ketones is 1. The Labute approximate surface area is 199 Å². The van der Waals surface area contributed by atoms with Crippen LogP contribution in [0.3, 0.4) is 0 Å². The standard InChI is InChI=1S/C26H28Cl2N2O2/c27-22-5-1-4-21(25(22)28)17-8-12-29(13-9-17)14-10-23(31)20-15-18-3-2-11-30-24(32)7-6-19(16-20)26(18)30/h1,4-5,15-17H,2-3,6-14H2. The molecule has 1 amide bonds. The molecule has 3 heterocycles. The van der Waals surface area contributed by atoms with E-state index in [1.165, 1.54) is 11.1 Å². The van der Waals surface area contributed by atoms with Crippen LogP contribution in [-0.2, 0) is 17.6 Å². The van der Waals surface area contributed by atoms with E-state index in [9.17, 15) is 9.59 Å². The minimum atomic E-state index is 0.207. The van der Waals surface area contributed by atoms with Crippen molar-refractivity contribution in [1.29, 1.82) is 0 Å². The van der Waals surface area contributed by atoms with Gasteiger partial charge in [0.1, 0.15) is 0 Å². The Hall–Kier alpha value is -1.88. The Kier molecular flexibility index (Phi) is 6.28. The maximum atomic E-state index is 13.0. The molecule has 6 heteroatoms. The number of amides is 1. The van der Waals surface area contributed by atoms with Gasteiger partial charge >= 0.3 is 0 Å². The number of piperidine rings is 1. The summed E-state index contributed by atoms with van der Waals surface area (Å²) in [7, 11) is 0. The van der Waals surface area contributed by atoms with Crippen LogP contribution in [0.25, 0.3) is 0 Å². The molecule has 0 radical (unpaired) electrons. The normalized spacial score (nSPS) is 19.2. The predicted molar refractivity (Wildman–Crippen MR) is 129 cm³/mol. The molecule has 0 saturated carbocycles. The molecule has 2 aromatic rings. The largest absolute Gasteiger partial charge is 0.312 e. The van der Waals surface area contributed by atoms with Crippen LogP contribution >= 0.6 is 23.2 Å². The molecule has 3 aliphatic heterocycles. The van der Waals surface area contributed by atoms with Crippen LogP contribution in [0, 0.1) is 0 Å². The van der Waals surface area contributed by atoms with Crippen LogP contribution in [-0.4, -0.2) is 42.8 Å². The van der Waals surface area contributed by atoms with Gasteiger partial charge < -0.3 is 9.80 Å². The van der Waals surface area contributed by atoms with Gasteiger partial charge in [0.25, 0.3) is 0 Å². The van der Waals surface area contributed by atoms with E-state index in [1.807, 2.05) is 29.2 Å². The van der Waals surface area contributed by atoms with Gasteiger partial charge in [-0.15, -0.1) is 0 Å². The number of anilines is 1. The Morgan fingerprint density at radius 3 is 2.53 bits per heavy atom. The number of hydrogen-bond acceptors (Lipinski definition) is 3. The van der Waals surface area contributed by atoms with E-state index in [0.29, 0.717) is 28.8 Å². The summed E-state index contributed by atoms with van der Waals surface area (Å²) < 4.78 is 0. The molecular weight excluding hydrogens is 443 g/mol. The Bertz CT molecular complexity index is 1040. The molecule has 1 fully saturated rings. The van der Waals surface area contributed by atoms with Gasteiger partial charge in [-0.25, -0.2) is 0 Å². The van der Waals surface area contributed by atoms with Crippen molar-refractivity contribution in [1.82, 2.24) is 4.90 Å². The van der Waals surface area contributed by atoms with Crippen LogP contribution in [0.2, 0.25) is 10.0 Å². The topological polar surface area (TPSA) is 40.6 Å². The number of nitrogens with zero attached hydrogens (tertiary/aromatic N) is 2. The van der Waals surface area contributed by atoms with Gasteiger partial charge in [-0.2, -0.15) is 0 Å². The second-order valence-corrected chi connectivity index (χ2v) is 10.0. The molecule has 0 aromatic heterocycles. The highest BCUT2D eigenvalue weighted by molar-refractivity contribution is 6.42. The minimum absolute atomic E-state index is 0.207. The average Bonchev–Trinajstić information content (AvgIpc) is 2.82. The fourth-order valence-corrected chi connectivity index (χ4v) is 5.98. The highest BCUT2D eigenvalue weighted by Crippen LogP contribution is 2.38. The third-order valence-corrected chi connectivity index (χ3v) is 8.09. The molecule has 0 spiro atoms. The lowest BCUT2D eigenvalue weighted by Crippen LogP contribution is -2.39. The monoisotopic (exact) mass is 470 g/mol. The van der Waals surface area contributed by atoms with Crippen LogP contribution in [0.15, 0.2) is 30.3 Å². The van der Waals surface area contributed by atoms with Gasteiger partial charge in [-0.3, -0.25) is 9.59 Å². The summed E-state index contributed by atoms with van der Waals surface area (Å²) in [5.74, 6) is 0.852. The van der Waals surface area contributed by atoms with Crippen molar-refractivity contribution in [3.05, 3.63) is 62.6 Å². The number of carbonyl (C=O) groups excluding carboxylic acids is 2. The first kappa shape index (κ1) is 21.9. The number of benzene rings is 2. The fourth-order valence-electron chi connectivity index (χ4n) is 5.52. The quantitative estimate of drug-likeness (QED) is 0.528. The van der Waals surface area contributed by atoms with Crippen molar-refractivity contribution in [2.24, 2.45) is 0 Å². The molecule has 5 rings (SSSR count). The number of halogens is 2. The zero-order chi connectivity index (χ0) is 22.2. The lowest BCUT2D eigenvalue weighted by atomic mass is 9.88. The predicted octanol–water partition coefficient (Wildman–Crippen LogP) is 5.67. The molecule has 0 N–H and O–H groups in total. The van der Waals surface area contributed by atoms with Gasteiger partial charge in [-0.1, -0.05) is 35.3 Å². The summed E-state index contributed by atoms with van der Waals surface area (Å²) in [6.07, 6.45) is 5.81. The van der Waals surface area contributed by atoms with Gasteiger partial charge in [0, 0.05) is 31.5 Å². The van der Waals surface area contributed by atoms with E-state index >= 15 is 0 Å². The van der Waals surface area contributed by atoms with Crippen molar-refractivity contribution in [3.8, 4) is 0 Å². The van der Waals surface area contributed by atoms with Crippen molar-refractivity contribution in [2.45, 2.75) is 50.9 Å². The van der Waals surface area contributed by atoms with E-state index < -0.39 is 0 Å². The lowest BCUT2D eigenvalue weighted by Gasteiger charge is -2.35. The molecule has 168 valence electrons. The molecule has 4 nitrogen and oxygen atoms in total. The first-order chi connectivity index (χ1) is 15.5. The number of hydrogen-bond donors (Lipinski definition) is 0. The van der Waals surface area contributed by atoms with Gasteiger partial charge in [0.15, 0.2) is 5.78 Å². The molecule has 0 atom stereocenters. The third-order valence-electron chi connectivity index (χ3n) is 7.26. The molecule has 0 aliphatic carbocycles. The van der Waals surface area contributed by atoms with E-state index in [4.69, 9.17) is 23.2 Å². The molecule has 2 aromatic carbocycles. The molecule has 3 aliphatic rings. The van der Waals surface area contributed by atoms with Crippen molar-refractivity contribution in [2.75, 3.05) is 31.1 Å². The minimum Gasteiger partial charge on any atom is -0.312 e. The van der Waals surface area contributed by atoms with Crippen LogP contribution in [0.1, 0.15) is 65.1 Å². The summed E-state index contributed by atoms with van der Waals surface area (Å²) in [5.41, 5.74) is 5.39. The van der Waals surface area contributed by atoms with Crippen LogP contribution in [0.5, 0.6) is 0 Å². The zero-order valence-corrected chi connectivity index (χ0v) is 19.7. The van der Waals surface area contributed by atoms with E-state index in [1.54, 1.807) is 0 Å². The third kappa shape index (κ3) is 4.21. The molecule has 0 unspecified atom stereocenters. The SMILES string of the molecule is O=C(CCN1CCC(c2cccc(Cl)c2Cl)CC1)c1cc2c3c(c1)CCC(=O)N3CCC2. The Morgan fingerprint density at radius 2 is 1.75 bits per heavy atom. The summed E-state index contributed by atoms with van der Waals surface area (Å²) in [5, 5.41) is 1.30. The zero-order valence-electron chi connectivity index (χ0n) is 18.2. The van der Waals surface area contributed by atoms with Crippen molar-refractivity contribution >= 4 is 40.6 Å². The van der Waals surface area contributed by atoms with Gasteiger partial charge in [0.2, 0.25) is 5.91 Å². The Morgan fingerprint density at radius 1 is 1.00 bits per heavy atom. The Balaban J connectivity index is 1.20. The maximum absolute atomic E-state index is 13.0. The number of Topliss-reactive ketones (excluding diaryl/α,β-unsaturated/α-hetero) is 1. The summed E-state index contributed by atoms with van der Waals surface area (Å²) in [6.45, 7) is 3.52. The summed E-state index contributed by atoms with van der Waals surface area (Å²) in [4.78, 5) is 29.6.